The van der Waals surface area contributed by atoms with Crippen LogP contribution in [-0.2, 0) is 9.53 Å². The van der Waals surface area contributed by atoms with Crippen molar-refractivity contribution in [1.82, 2.24) is 5.32 Å². The molecule has 0 aliphatic rings. The summed E-state index contributed by atoms with van der Waals surface area (Å²) in [5, 5.41) is 3.54. The first-order valence-electron chi connectivity index (χ1n) is 7.13. The Kier molecular flexibility index (Phi) is 5.59. The van der Waals surface area contributed by atoms with Crippen LogP contribution in [0.2, 0.25) is 5.02 Å². The zero-order valence-corrected chi connectivity index (χ0v) is 14.6. The molecule has 124 valence electrons. The Morgan fingerprint density at radius 2 is 2.04 bits per heavy atom. The SMILES string of the molecule is CC(C)C(C)NC(=O)COC(=O)c1sc2cc(F)ccc2c1Cl. The van der Waals surface area contributed by atoms with E-state index in [0.29, 0.717) is 10.1 Å². The normalized spacial score (nSPS) is 12.4. The first-order chi connectivity index (χ1) is 10.8. The first kappa shape index (κ1) is 17.7. The molecule has 0 bridgehead atoms. The molecule has 7 heteroatoms. The quantitative estimate of drug-likeness (QED) is 0.822. The number of carbonyl (C=O) groups is 2. The van der Waals surface area contributed by atoms with Gasteiger partial charge in [-0.3, -0.25) is 4.79 Å². The molecule has 1 amide bonds. The number of esters is 1. The largest absolute Gasteiger partial charge is 0.451 e. The van der Waals surface area contributed by atoms with Crippen LogP contribution < -0.4 is 5.32 Å². The summed E-state index contributed by atoms with van der Waals surface area (Å²) in [6.07, 6.45) is 0. The average Bonchev–Trinajstić information content (AvgIpc) is 2.81. The molecular formula is C16H17ClFNO3S. The van der Waals surface area contributed by atoms with E-state index in [1.54, 1.807) is 0 Å². The molecule has 1 atom stereocenters. The number of halogens is 2. The van der Waals surface area contributed by atoms with Crippen molar-refractivity contribution in [2.75, 3.05) is 6.61 Å². The van der Waals surface area contributed by atoms with Crippen LogP contribution in [0.1, 0.15) is 30.4 Å². The van der Waals surface area contributed by atoms with Gasteiger partial charge in [0.2, 0.25) is 0 Å². The molecule has 1 N–H and O–H groups in total. The number of hydrogen-bond acceptors (Lipinski definition) is 4. The summed E-state index contributed by atoms with van der Waals surface area (Å²) in [5.41, 5.74) is 0. The number of nitrogens with one attached hydrogen (secondary N) is 1. The van der Waals surface area contributed by atoms with Gasteiger partial charge in [-0.2, -0.15) is 0 Å². The summed E-state index contributed by atoms with van der Waals surface area (Å²) in [4.78, 5) is 24.0. The van der Waals surface area contributed by atoms with Gasteiger partial charge in [0, 0.05) is 16.1 Å². The fourth-order valence-electron chi connectivity index (χ4n) is 1.83. The van der Waals surface area contributed by atoms with E-state index >= 15 is 0 Å². The van der Waals surface area contributed by atoms with Crippen LogP contribution in [0, 0.1) is 11.7 Å². The molecule has 1 heterocycles. The topological polar surface area (TPSA) is 55.4 Å². The van der Waals surface area contributed by atoms with Gasteiger partial charge in [-0.15, -0.1) is 11.3 Å². The van der Waals surface area contributed by atoms with Gasteiger partial charge in [-0.25, -0.2) is 9.18 Å². The summed E-state index contributed by atoms with van der Waals surface area (Å²) < 4.78 is 18.8. The molecule has 1 aromatic heterocycles. The Bertz CT molecular complexity index is 744. The molecule has 1 aromatic carbocycles. The Morgan fingerprint density at radius 1 is 1.35 bits per heavy atom. The fraction of sp³-hybridized carbons (Fsp3) is 0.375. The van der Waals surface area contributed by atoms with Gasteiger partial charge in [0.05, 0.1) is 5.02 Å². The van der Waals surface area contributed by atoms with Crippen molar-refractivity contribution >= 4 is 44.9 Å². The van der Waals surface area contributed by atoms with E-state index in [1.165, 1.54) is 18.2 Å². The van der Waals surface area contributed by atoms with Gasteiger partial charge in [-0.1, -0.05) is 25.4 Å². The van der Waals surface area contributed by atoms with Crippen LogP contribution in [0.5, 0.6) is 0 Å². The fourth-order valence-corrected chi connectivity index (χ4v) is 3.26. The smallest absolute Gasteiger partial charge is 0.350 e. The molecule has 2 aromatic rings. The molecule has 0 aliphatic carbocycles. The molecule has 0 saturated carbocycles. The molecule has 0 aliphatic heterocycles. The van der Waals surface area contributed by atoms with E-state index in [9.17, 15) is 14.0 Å². The summed E-state index contributed by atoms with van der Waals surface area (Å²) in [7, 11) is 0. The highest BCUT2D eigenvalue weighted by Crippen LogP contribution is 2.36. The van der Waals surface area contributed by atoms with Crippen LogP contribution in [0.15, 0.2) is 18.2 Å². The second kappa shape index (κ2) is 7.27. The maximum Gasteiger partial charge on any atom is 0.350 e. The Hall–Kier alpha value is -1.66. The maximum absolute atomic E-state index is 13.2. The molecule has 0 radical (unpaired) electrons. The predicted molar refractivity (Wildman–Crippen MR) is 89.5 cm³/mol. The Labute approximate surface area is 142 Å². The van der Waals surface area contributed by atoms with Crippen molar-refractivity contribution < 1.29 is 18.7 Å². The summed E-state index contributed by atoms with van der Waals surface area (Å²) in [6, 6.07) is 4.07. The zero-order valence-electron chi connectivity index (χ0n) is 13.0. The van der Waals surface area contributed by atoms with E-state index in [-0.39, 0.29) is 34.4 Å². The van der Waals surface area contributed by atoms with Crippen molar-refractivity contribution in [2.45, 2.75) is 26.8 Å². The van der Waals surface area contributed by atoms with Gasteiger partial charge in [0.1, 0.15) is 10.7 Å². The van der Waals surface area contributed by atoms with Crippen molar-refractivity contribution in [3.63, 3.8) is 0 Å². The summed E-state index contributed by atoms with van der Waals surface area (Å²) >= 11 is 7.17. The first-order valence-corrected chi connectivity index (χ1v) is 8.33. The third-order valence-corrected chi connectivity index (χ3v) is 5.14. The number of carbonyl (C=O) groups excluding carboxylic acids is 2. The zero-order chi connectivity index (χ0) is 17.1. The lowest BCUT2D eigenvalue weighted by Gasteiger charge is -2.17. The minimum absolute atomic E-state index is 0.0166. The van der Waals surface area contributed by atoms with Crippen molar-refractivity contribution in [1.29, 1.82) is 0 Å². The third kappa shape index (κ3) is 4.20. The van der Waals surface area contributed by atoms with Gasteiger partial charge in [0.25, 0.3) is 5.91 Å². The lowest BCUT2D eigenvalue weighted by Crippen LogP contribution is -2.38. The van der Waals surface area contributed by atoms with Gasteiger partial charge in [0.15, 0.2) is 6.61 Å². The molecule has 23 heavy (non-hydrogen) atoms. The lowest BCUT2D eigenvalue weighted by molar-refractivity contribution is -0.125. The standard InChI is InChI=1S/C16H17ClFNO3S/c1-8(2)9(3)19-13(20)7-22-16(21)15-14(17)11-5-4-10(18)6-12(11)23-15/h4-6,8-9H,7H2,1-3H3,(H,19,20). The highest BCUT2D eigenvalue weighted by molar-refractivity contribution is 7.21. The second-order valence-corrected chi connectivity index (χ2v) is 6.99. The van der Waals surface area contributed by atoms with Crippen LogP contribution in [0.25, 0.3) is 10.1 Å². The van der Waals surface area contributed by atoms with Crippen molar-refractivity contribution in [3.8, 4) is 0 Å². The van der Waals surface area contributed by atoms with Crippen LogP contribution >= 0.6 is 22.9 Å². The maximum atomic E-state index is 13.2. The average molecular weight is 358 g/mol. The highest BCUT2D eigenvalue weighted by atomic mass is 35.5. The van der Waals surface area contributed by atoms with Gasteiger partial charge < -0.3 is 10.1 Å². The van der Waals surface area contributed by atoms with Crippen molar-refractivity contribution in [2.24, 2.45) is 5.92 Å². The Balaban J connectivity index is 2.04. The van der Waals surface area contributed by atoms with E-state index in [1.807, 2.05) is 20.8 Å². The molecule has 0 saturated heterocycles. The van der Waals surface area contributed by atoms with Crippen molar-refractivity contribution in [3.05, 3.63) is 33.9 Å². The molecule has 0 fully saturated rings. The second-order valence-electron chi connectivity index (χ2n) is 5.56. The minimum Gasteiger partial charge on any atom is -0.451 e. The number of amides is 1. The third-order valence-electron chi connectivity index (χ3n) is 3.50. The number of ether oxygens (including phenoxy) is 1. The van der Waals surface area contributed by atoms with E-state index in [4.69, 9.17) is 16.3 Å². The molecular weight excluding hydrogens is 341 g/mol. The highest BCUT2D eigenvalue weighted by Gasteiger charge is 2.20. The van der Waals surface area contributed by atoms with Gasteiger partial charge >= 0.3 is 5.97 Å². The van der Waals surface area contributed by atoms with E-state index in [0.717, 1.165) is 11.3 Å². The monoisotopic (exact) mass is 357 g/mol. The molecule has 1 unspecified atom stereocenters. The predicted octanol–water partition coefficient (Wildman–Crippen LogP) is 4.01. The van der Waals surface area contributed by atoms with Crippen LogP contribution in [0.3, 0.4) is 0 Å². The van der Waals surface area contributed by atoms with E-state index in [2.05, 4.69) is 5.32 Å². The van der Waals surface area contributed by atoms with Gasteiger partial charge in [-0.05, 0) is 31.0 Å². The lowest BCUT2D eigenvalue weighted by atomic mass is 10.1. The molecule has 2 rings (SSSR count). The Morgan fingerprint density at radius 3 is 2.70 bits per heavy atom. The number of rotatable bonds is 5. The molecule has 4 nitrogen and oxygen atoms in total. The minimum atomic E-state index is -0.691. The number of fused-ring (bicyclic) bond motifs is 1. The number of benzene rings is 1. The summed E-state index contributed by atoms with van der Waals surface area (Å²) in [5.74, 6) is -1.19. The molecule has 0 spiro atoms. The number of thiophene rings is 1. The van der Waals surface area contributed by atoms with Crippen LogP contribution in [0.4, 0.5) is 4.39 Å². The van der Waals surface area contributed by atoms with E-state index < -0.39 is 11.8 Å². The van der Waals surface area contributed by atoms with Crippen LogP contribution in [-0.4, -0.2) is 24.5 Å². The number of hydrogen-bond donors (Lipinski definition) is 1. The summed E-state index contributed by atoms with van der Waals surface area (Å²) in [6.45, 7) is 5.46.